The fourth-order valence-electron chi connectivity index (χ4n) is 2.80. The number of non-ortho nitro benzene ring substituents is 1. The number of esters is 1. The molecule has 0 bridgehead atoms. The van der Waals surface area contributed by atoms with E-state index in [9.17, 15) is 24.5 Å². The molecule has 2 aromatic rings. The minimum absolute atomic E-state index is 0.0310. The van der Waals surface area contributed by atoms with Crippen LogP contribution in [-0.2, 0) is 14.3 Å². The van der Waals surface area contributed by atoms with Gasteiger partial charge in [0.1, 0.15) is 6.04 Å². The summed E-state index contributed by atoms with van der Waals surface area (Å²) >= 11 is 0.742. The number of imide groups is 1. The number of carbonyl (C=O) groups is 3. The summed E-state index contributed by atoms with van der Waals surface area (Å²) < 4.78 is 6.62. The molecule has 0 spiro atoms. The van der Waals surface area contributed by atoms with Gasteiger partial charge in [0.15, 0.2) is 0 Å². The lowest BCUT2D eigenvalue weighted by Crippen LogP contribution is -2.42. The summed E-state index contributed by atoms with van der Waals surface area (Å²) in [5, 5.41) is 10.3. The van der Waals surface area contributed by atoms with Crippen molar-refractivity contribution < 1.29 is 24.0 Å². The van der Waals surface area contributed by atoms with E-state index >= 15 is 0 Å². The molecule has 0 saturated carbocycles. The summed E-state index contributed by atoms with van der Waals surface area (Å²) in [7, 11) is 0. The number of benzene rings is 1. The zero-order valence-corrected chi connectivity index (χ0v) is 16.4. The first-order valence-corrected chi connectivity index (χ1v) is 9.51. The number of aromatic nitrogens is 1. The molecule has 0 aliphatic carbocycles. The molecule has 1 aromatic heterocycles. The number of rotatable bonds is 6. The highest BCUT2D eigenvalue weighted by molar-refractivity contribution is 8.18. The lowest BCUT2D eigenvalue weighted by Gasteiger charge is -2.19. The number of amides is 2. The molecule has 1 aromatic carbocycles. The Hall–Kier alpha value is -3.40. The SMILES string of the molecule is CCOC(=O)C(C)N1C(=O)S/C(=C/c2cccn2-c2ccc([N+](=O)[O-])cc2)C1=O. The molecule has 150 valence electrons. The van der Waals surface area contributed by atoms with Crippen molar-refractivity contribution in [2.24, 2.45) is 0 Å². The third-order valence-corrected chi connectivity index (χ3v) is 5.12. The molecule has 1 atom stereocenters. The van der Waals surface area contributed by atoms with E-state index in [1.165, 1.54) is 19.1 Å². The van der Waals surface area contributed by atoms with E-state index in [1.54, 1.807) is 48.0 Å². The highest BCUT2D eigenvalue weighted by atomic mass is 32.2. The van der Waals surface area contributed by atoms with Crippen LogP contribution >= 0.6 is 11.8 Å². The second-order valence-corrected chi connectivity index (χ2v) is 7.05. The van der Waals surface area contributed by atoms with Crippen molar-refractivity contribution in [2.75, 3.05) is 6.61 Å². The number of nitrogens with zero attached hydrogens (tertiary/aromatic N) is 3. The Kier molecular flexibility index (Phi) is 5.83. The molecule has 2 amide bonds. The fourth-order valence-corrected chi connectivity index (χ4v) is 3.69. The lowest BCUT2D eigenvalue weighted by molar-refractivity contribution is -0.384. The molecular weight excluding hydrogens is 398 g/mol. The molecule has 1 saturated heterocycles. The summed E-state index contributed by atoms with van der Waals surface area (Å²) in [4.78, 5) is 48.3. The molecule has 9 nitrogen and oxygen atoms in total. The van der Waals surface area contributed by atoms with Gasteiger partial charge in [-0.25, -0.2) is 4.79 Å². The second-order valence-electron chi connectivity index (χ2n) is 6.06. The van der Waals surface area contributed by atoms with E-state index in [4.69, 9.17) is 4.74 Å². The molecule has 0 radical (unpaired) electrons. The van der Waals surface area contributed by atoms with E-state index in [0.717, 1.165) is 16.7 Å². The molecule has 1 aliphatic heterocycles. The van der Waals surface area contributed by atoms with E-state index < -0.39 is 28.1 Å². The number of nitro groups is 1. The normalized spacial score (nSPS) is 16.3. The molecule has 10 heteroatoms. The van der Waals surface area contributed by atoms with Crippen molar-refractivity contribution >= 4 is 40.6 Å². The average molecular weight is 415 g/mol. The van der Waals surface area contributed by atoms with Crippen molar-refractivity contribution in [3.8, 4) is 5.69 Å². The minimum atomic E-state index is -1.02. The largest absolute Gasteiger partial charge is 0.464 e. The highest BCUT2D eigenvalue weighted by Crippen LogP contribution is 2.34. The summed E-state index contributed by atoms with van der Waals surface area (Å²) in [6.07, 6.45) is 3.28. The van der Waals surface area contributed by atoms with Crippen LogP contribution in [-0.4, -0.2) is 44.2 Å². The number of nitro benzene ring substituents is 1. The fraction of sp³-hybridized carbons (Fsp3) is 0.211. The van der Waals surface area contributed by atoms with Gasteiger partial charge in [0.05, 0.1) is 16.4 Å². The van der Waals surface area contributed by atoms with Crippen molar-refractivity contribution in [3.63, 3.8) is 0 Å². The first-order valence-electron chi connectivity index (χ1n) is 8.69. The topological polar surface area (TPSA) is 112 Å². The maximum absolute atomic E-state index is 12.7. The van der Waals surface area contributed by atoms with E-state index in [-0.39, 0.29) is 17.2 Å². The molecule has 3 rings (SSSR count). The highest BCUT2D eigenvalue weighted by Gasteiger charge is 2.41. The monoisotopic (exact) mass is 415 g/mol. The Morgan fingerprint density at radius 2 is 1.97 bits per heavy atom. The summed E-state index contributed by atoms with van der Waals surface area (Å²) in [6.45, 7) is 3.24. The Labute approximate surface area is 170 Å². The first kappa shape index (κ1) is 20.3. The van der Waals surface area contributed by atoms with E-state index in [2.05, 4.69) is 0 Å². The summed E-state index contributed by atoms with van der Waals surface area (Å²) in [5.41, 5.74) is 1.23. The van der Waals surface area contributed by atoms with Crippen molar-refractivity contribution in [1.29, 1.82) is 0 Å². The number of hydrogen-bond acceptors (Lipinski definition) is 7. The van der Waals surface area contributed by atoms with Crippen molar-refractivity contribution in [2.45, 2.75) is 19.9 Å². The van der Waals surface area contributed by atoms with Crippen LogP contribution in [0.1, 0.15) is 19.5 Å². The van der Waals surface area contributed by atoms with Crippen LogP contribution in [0.4, 0.5) is 10.5 Å². The van der Waals surface area contributed by atoms with Crippen molar-refractivity contribution in [3.05, 3.63) is 63.3 Å². The standard InChI is InChI=1S/C19H17N3O6S/c1-3-28-18(24)12(2)21-17(23)16(29-19(21)25)11-15-5-4-10-20(15)13-6-8-14(9-7-13)22(26)27/h4-12H,3H2,1-2H3/b16-11+. The zero-order chi connectivity index (χ0) is 21.1. The van der Waals surface area contributed by atoms with Gasteiger partial charge in [-0.15, -0.1) is 0 Å². The molecule has 1 aliphatic rings. The zero-order valence-electron chi connectivity index (χ0n) is 15.6. The van der Waals surface area contributed by atoms with Crippen LogP contribution in [0, 0.1) is 10.1 Å². The van der Waals surface area contributed by atoms with E-state index in [0.29, 0.717) is 11.4 Å². The van der Waals surface area contributed by atoms with Crippen LogP contribution in [0.15, 0.2) is 47.5 Å². The van der Waals surface area contributed by atoms with Gasteiger partial charge < -0.3 is 9.30 Å². The van der Waals surface area contributed by atoms with Gasteiger partial charge in [-0.2, -0.15) is 0 Å². The molecule has 0 N–H and O–H groups in total. The maximum Gasteiger partial charge on any atom is 0.329 e. The maximum atomic E-state index is 12.7. The predicted octanol–water partition coefficient (Wildman–Crippen LogP) is 3.37. The number of hydrogen-bond donors (Lipinski definition) is 0. The molecular formula is C19H17N3O6S. The van der Waals surface area contributed by atoms with Crippen LogP contribution in [0.25, 0.3) is 11.8 Å². The van der Waals surface area contributed by atoms with Gasteiger partial charge in [0.25, 0.3) is 16.8 Å². The Morgan fingerprint density at radius 1 is 1.28 bits per heavy atom. The van der Waals surface area contributed by atoms with Gasteiger partial charge in [-0.05, 0) is 56.0 Å². The second kappa shape index (κ2) is 8.31. The Balaban J connectivity index is 1.87. The number of ether oxygens (including phenoxy) is 1. The Morgan fingerprint density at radius 3 is 2.59 bits per heavy atom. The molecule has 2 heterocycles. The summed E-state index contributed by atoms with van der Waals surface area (Å²) in [5.74, 6) is -1.22. The van der Waals surface area contributed by atoms with Crippen molar-refractivity contribution in [1.82, 2.24) is 9.47 Å². The smallest absolute Gasteiger partial charge is 0.329 e. The minimum Gasteiger partial charge on any atom is -0.464 e. The lowest BCUT2D eigenvalue weighted by atomic mass is 10.2. The van der Waals surface area contributed by atoms with Crippen LogP contribution in [0.2, 0.25) is 0 Å². The van der Waals surface area contributed by atoms with Crippen LogP contribution in [0.5, 0.6) is 0 Å². The number of carbonyl (C=O) groups excluding carboxylic acids is 3. The van der Waals surface area contributed by atoms with Crippen LogP contribution < -0.4 is 0 Å². The quantitative estimate of drug-likeness (QED) is 0.308. The van der Waals surface area contributed by atoms with Gasteiger partial charge in [0, 0.05) is 29.7 Å². The third-order valence-electron chi connectivity index (χ3n) is 4.24. The van der Waals surface area contributed by atoms with Gasteiger partial charge >= 0.3 is 5.97 Å². The summed E-state index contributed by atoms with van der Waals surface area (Å²) in [6, 6.07) is 8.41. The van der Waals surface area contributed by atoms with Gasteiger partial charge in [-0.3, -0.25) is 24.6 Å². The molecule has 29 heavy (non-hydrogen) atoms. The predicted molar refractivity (Wildman–Crippen MR) is 106 cm³/mol. The number of thioether (sulfide) groups is 1. The average Bonchev–Trinajstić information content (AvgIpc) is 3.26. The third kappa shape index (κ3) is 4.06. The first-order chi connectivity index (χ1) is 13.8. The van der Waals surface area contributed by atoms with E-state index in [1.807, 2.05) is 0 Å². The molecule has 1 fully saturated rings. The van der Waals surface area contributed by atoms with Gasteiger partial charge in [-0.1, -0.05) is 0 Å². The molecule has 1 unspecified atom stereocenters. The van der Waals surface area contributed by atoms with Crippen LogP contribution in [0.3, 0.4) is 0 Å². The van der Waals surface area contributed by atoms with Gasteiger partial charge in [0.2, 0.25) is 0 Å². The Bertz CT molecular complexity index is 1010.